The fraction of sp³-hybridized carbons (Fsp3) is 0.692. The van der Waals surface area contributed by atoms with E-state index in [2.05, 4.69) is 75.5 Å². The zero-order valence-electron chi connectivity index (χ0n) is 11.9. The Labute approximate surface area is 103 Å². The summed E-state index contributed by atoms with van der Waals surface area (Å²) in [6, 6.07) is 0. The van der Waals surface area contributed by atoms with Crippen LogP contribution in [-0.2, 0) is 0 Å². The molecule has 0 unspecified atom stereocenters. The Hall–Kier alpha value is -0.126. The van der Waals surface area contributed by atoms with Crippen LogP contribution in [0.4, 0.5) is 0 Å². The molecule has 0 fully saturated rings. The van der Waals surface area contributed by atoms with Crippen molar-refractivity contribution in [3.8, 4) is 0 Å². The van der Waals surface area contributed by atoms with Gasteiger partial charge in [-0.25, -0.2) is 0 Å². The summed E-state index contributed by atoms with van der Waals surface area (Å²) in [5, 5.41) is 0. The fourth-order valence-corrected chi connectivity index (χ4v) is 7.51. The molecule has 0 bridgehead atoms. The van der Waals surface area contributed by atoms with Crippen LogP contribution in [0.3, 0.4) is 0 Å². The van der Waals surface area contributed by atoms with Gasteiger partial charge in [0, 0.05) is 11.1 Å². The lowest BCUT2D eigenvalue weighted by atomic mass is 10.1. The van der Waals surface area contributed by atoms with Gasteiger partial charge in [-0.15, -0.1) is 0 Å². The molecule has 0 saturated heterocycles. The minimum absolute atomic E-state index is 0.224. The van der Waals surface area contributed by atoms with Gasteiger partial charge < -0.3 is 4.98 Å². The molecule has 1 aliphatic heterocycles. The number of hydrogen-bond donors (Lipinski definition) is 1. The smallest absolute Gasteiger partial charge is 0.130 e. The van der Waals surface area contributed by atoms with Crippen molar-refractivity contribution in [2.75, 3.05) is 0 Å². The molecule has 16 heavy (non-hydrogen) atoms. The molecular weight excluding hydrogens is 226 g/mol. The minimum Gasteiger partial charge on any atom is -0.332 e. The highest BCUT2D eigenvalue weighted by Gasteiger charge is 2.34. The first kappa shape index (κ1) is 13.9. The van der Waals surface area contributed by atoms with Gasteiger partial charge in [0.25, 0.3) is 0 Å². The van der Waals surface area contributed by atoms with Gasteiger partial charge in [0.1, 0.15) is 8.24 Å². The van der Waals surface area contributed by atoms with Gasteiger partial charge in [-0.2, -0.15) is 0 Å². The van der Waals surface area contributed by atoms with Crippen molar-refractivity contribution in [1.29, 1.82) is 0 Å². The highest BCUT2D eigenvalue weighted by molar-refractivity contribution is 6.87. The number of nitrogens with one attached hydrogen (secondary N) is 1. The lowest BCUT2D eigenvalue weighted by Crippen LogP contribution is -2.56. The van der Waals surface area contributed by atoms with E-state index in [9.17, 15) is 0 Å². The second-order valence-corrected chi connectivity index (χ2v) is 15.8. The summed E-state index contributed by atoms with van der Waals surface area (Å²) in [5.41, 5.74) is 5.84. The van der Waals surface area contributed by atoms with Crippen LogP contribution in [0.25, 0.3) is 0 Å². The van der Waals surface area contributed by atoms with Crippen LogP contribution < -0.4 is 4.98 Å². The van der Waals surface area contributed by atoms with Crippen molar-refractivity contribution in [3.05, 3.63) is 23.6 Å². The van der Waals surface area contributed by atoms with E-state index in [1.165, 1.54) is 0 Å². The van der Waals surface area contributed by atoms with Gasteiger partial charge >= 0.3 is 0 Å². The first-order valence-electron chi connectivity index (χ1n) is 6.20. The largest absolute Gasteiger partial charge is 0.332 e. The minimum atomic E-state index is -1.40. The van der Waals surface area contributed by atoms with Crippen LogP contribution in [0.5, 0.6) is 0 Å². The number of hydrogen-bond acceptors (Lipinski definition) is 1. The molecule has 0 aliphatic carbocycles. The summed E-state index contributed by atoms with van der Waals surface area (Å²) < 4.78 is 0. The number of allylic oxidation sites excluding steroid dienone is 2. The molecule has 0 saturated carbocycles. The Morgan fingerprint density at radius 1 is 1.06 bits per heavy atom. The van der Waals surface area contributed by atoms with Crippen LogP contribution in [0.1, 0.15) is 20.8 Å². The normalized spacial score (nSPS) is 21.4. The summed E-state index contributed by atoms with van der Waals surface area (Å²) >= 11 is 0. The molecule has 1 rings (SSSR count). The SMILES string of the molecule is CC(C)(C)N[Si](C)(C)C1C=C[Si](C)(C)C=C1. The van der Waals surface area contributed by atoms with E-state index in [0.717, 1.165) is 0 Å². The highest BCUT2D eigenvalue weighted by Crippen LogP contribution is 2.29. The predicted molar refractivity (Wildman–Crippen MR) is 79.9 cm³/mol. The Bertz CT molecular complexity index is 292. The monoisotopic (exact) mass is 253 g/mol. The first-order valence-corrected chi connectivity index (χ1v) is 12.4. The third-order valence-corrected chi connectivity index (χ3v) is 8.55. The zero-order chi connectivity index (χ0) is 12.6. The van der Waals surface area contributed by atoms with E-state index in [1.54, 1.807) is 0 Å². The molecule has 1 nitrogen and oxygen atoms in total. The average molecular weight is 254 g/mol. The molecule has 0 radical (unpaired) electrons. The maximum atomic E-state index is 3.84. The quantitative estimate of drug-likeness (QED) is 0.737. The van der Waals surface area contributed by atoms with Gasteiger partial charge in [0.15, 0.2) is 0 Å². The maximum Gasteiger partial charge on any atom is 0.130 e. The Morgan fingerprint density at radius 3 is 1.88 bits per heavy atom. The Kier molecular flexibility index (Phi) is 3.73. The van der Waals surface area contributed by atoms with Crippen LogP contribution >= 0.6 is 0 Å². The van der Waals surface area contributed by atoms with Crippen molar-refractivity contribution in [2.45, 2.75) is 58.0 Å². The molecule has 0 aromatic heterocycles. The van der Waals surface area contributed by atoms with Gasteiger partial charge in [-0.05, 0) is 20.8 Å². The Morgan fingerprint density at radius 2 is 1.50 bits per heavy atom. The average Bonchev–Trinajstić information content (AvgIpc) is 1.98. The van der Waals surface area contributed by atoms with Crippen LogP contribution in [0, 0.1) is 0 Å². The first-order chi connectivity index (χ1) is 7.02. The third-order valence-electron chi connectivity index (χ3n) is 3.00. The highest BCUT2D eigenvalue weighted by atomic mass is 28.3. The predicted octanol–water partition coefficient (Wildman–Crippen LogP) is 3.86. The zero-order valence-corrected chi connectivity index (χ0v) is 13.9. The van der Waals surface area contributed by atoms with Gasteiger partial charge in [0.2, 0.25) is 0 Å². The molecule has 0 amide bonds. The van der Waals surface area contributed by atoms with Crippen LogP contribution in [0.2, 0.25) is 31.7 Å². The summed E-state index contributed by atoms with van der Waals surface area (Å²) in [5.74, 6) is 0. The van der Waals surface area contributed by atoms with E-state index in [4.69, 9.17) is 0 Å². The molecule has 1 heterocycles. The van der Waals surface area contributed by atoms with Crippen molar-refractivity contribution in [3.63, 3.8) is 0 Å². The topological polar surface area (TPSA) is 12.0 Å². The molecule has 0 aromatic carbocycles. The molecule has 0 aromatic rings. The molecule has 0 spiro atoms. The third kappa shape index (κ3) is 4.03. The summed E-state index contributed by atoms with van der Waals surface area (Å²) in [6.07, 6.45) is 4.91. The molecule has 3 heteroatoms. The number of rotatable bonds is 2. The molecule has 92 valence electrons. The van der Waals surface area contributed by atoms with Crippen molar-refractivity contribution in [2.24, 2.45) is 0 Å². The van der Waals surface area contributed by atoms with E-state index in [-0.39, 0.29) is 5.54 Å². The van der Waals surface area contributed by atoms with E-state index in [0.29, 0.717) is 5.54 Å². The van der Waals surface area contributed by atoms with E-state index in [1.807, 2.05) is 0 Å². The second kappa shape index (κ2) is 4.28. The van der Waals surface area contributed by atoms with Gasteiger partial charge in [-0.1, -0.05) is 49.7 Å². The lowest BCUT2D eigenvalue weighted by Gasteiger charge is -2.38. The Balaban J connectivity index is 2.76. The van der Waals surface area contributed by atoms with Gasteiger partial charge in [-0.3, -0.25) is 0 Å². The fourth-order valence-electron chi connectivity index (χ4n) is 2.35. The van der Waals surface area contributed by atoms with Crippen LogP contribution in [-0.4, -0.2) is 21.8 Å². The van der Waals surface area contributed by atoms with Crippen LogP contribution in [0.15, 0.2) is 23.6 Å². The summed E-state index contributed by atoms with van der Waals surface area (Å²) in [6.45, 7) is 16.4. The standard InChI is InChI=1S/C13H27NSi2/c1-13(2,3)14-16(6,7)12-8-10-15(4,5)11-9-12/h8-12,14H,1-7H3. The van der Waals surface area contributed by atoms with Gasteiger partial charge in [0.05, 0.1) is 8.07 Å². The van der Waals surface area contributed by atoms with E-state index < -0.39 is 16.3 Å². The molecule has 1 aliphatic rings. The second-order valence-electron chi connectivity index (χ2n) is 7.16. The molecular formula is C13H27NSi2. The maximum absolute atomic E-state index is 3.84. The molecule has 1 N–H and O–H groups in total. The molecule has 0 atom stereocenters. The van der Waals surface area contributed by atoms with Crippen molar-refractivity contribution in [1.82, 2.24) is 4.98 Å². The van der Waals surface area contributed by atoms with Crippen molar-refractivity contribution < 1.29 is 0 Å². The lowest BCUT2D eigenvalue weighted by molar-refractivity contribution is 0.510. The van der Waals surface area contributed by atoms with Crippen molar-refractivity contribution >= 4 is 16.3 Å². The summed E-state index contributed by atoms with van der Waals surface area (Å²) in [7, 11) is -2.54. The van der Waals surface area contributed by atoms with E-state index >= 15 is 0 Å². The summed E-state index contributed by atoms with van der Waals surface area (Å²) in [4.78, 5) is 3.84.